The number of pyridine rings is 1. The summed E-state index contributed by atoms with van der Waals surface area (Å²) in [5.74, 6) is -0.0768. The van der Waals surface area contributed by atoms with Gasteiger partial charge in [-0.05, 0) is 42.4 Å². The Morgan fingerprint density at radius 3 is 2.36 bits per heavy atom. The minimum atomic E-state index is -2.02. The normalized spacial score (nSPS) is 22.4. The van der Waals surface area contributed by atoms with Gasteiger partial charge in [0, 0.05) is 20.2 Å². The third-order valence-electron chi connectivity index (χ3n) is 8.60. The number of nitrogens with one attached hydrogen (secondary N) is 1. The number of carbonyl (C=O) groups excluding carboxylic acids is 1. The topological polar surface area (TPSA) is 106 Å². The van der Waals surface area contributed by atoms with Crippen molar-refractivity contribution in [3.05, 3.63) is 47.0 Å². The first-order valence-electron chi connectivity index (χ1n) is 15.2. The number of ether oxygens (including phenoxy) is 4. The molecular formula is C31H45ClN4O6Si2. The third-order valence-corrected chi connectivity index (χ3v) is 15.1. The lowest BCUT2D eigenvalue weighted by Crippen LogP contribution is -2.47. The summed E-state index contributed by atoms with van der Waals surface area (Å²) in [6.07, 6.45) is -1.04. The number of hydrogen-bond donors (Lipinski definition) is 1. The van der Waals surface area contributed by atoms with Crippen LogP contribution in [-0.4, -0.2) is 81.1 Å². The number of halogens is 1. The van der Waals surface area contributed by atoms with Crippen LogP contribution in [0.15, 0.2) is 36.4 Å². The molecule has 2 saturated heterocycles. The number of benzene rings is 1. The zero-order valence-electron chi connectivity index (χ0n) is 27.0. The second kappa shape index (κ2) is 12.8. The van der Waals surface area contributed by atoms with Gasteiger partial charge in [0.25, 0.3) is 5.91 Å². The van der Waals surface area contributed by atoms with Crippen LogP contribution in [-0.2, 0) is 25.4 Å². The van der Waals surface area contributed by atoms with Gasteiger partial charge < -0.3 is 28.7 Å². The van der Waals surface area contributed by atoms with E-state index in [2.05, 4.69) is 58.8 Å². The maximum Gasteiger partial charge on any atom is 0.301 e. The molecule has 0 spiro atoms. The van der Waals surface area contributed by atoms with Gasteiger partial charge in [0.15, 0.2) is 25.9 Å². The van der Waals surface area contributed by atoms with E-state index in [4.69, 9.17) is 44.9 Å². The van der Waals surface area contributed by atoms with Crippen molar-refractivity contribution >= 4 is 50.9 Å². The molecule has 1 aromatic carbocycles. The van der Waals surface area contributed by atoms with Gasteiger partial charge in [-0.15, -0.1) is 0 Å². The number of amides is 1. The molecule has 1 N–H and O–H groups in total. The first-order chi connectivity index (χ1) is 20.6. The molecule has 0 aliphatic carbocycles. The minimum Gasteiger partial charge on any atom is -0.456 e. The Kier molecular flexibility index (Phi) is 9.63. The van der Waals surface area contributed by atoms with Crippen molar-refractivity contribution in [1.29, 1.82) is 0 Å². The molecule has 1 amide bonds. The molecule has 4 atom stereocenters. The van der Waals surface area contributed by atoms with Crippen LogP contribution in [0.5, 0.6) is 6.01 Å². The molecule has 1 unspecified atom stereocenters. The van der Waals surface area contributed by atoms with Crippen molar-refractivity contribution in [2.45, 2.75) is 95.7 Å². The van der Waals surface area contributed by atoms with Crippen LogP contribution < -0.4 is 10.1 Å². The van der Waals surface area contributed by atoms with Gasteiger partial charge >= 0.3 is 6.01 Å². The molecule has 0 bridgehead atoms. The zero-order chi connectivity index (χ0) is 31.9. The molecule has 2 fully saturated rings. The van der Waals surface area contributed by atoms with E-state index in [1.54, 1.807) is 34.9 Å². The molecule has 0 saturated carbocycles. The Morgan fingerprint density at radius 2 is 1.70 bits per heavy atom. The Labute approximate surface area is 266 Å². The highest BCUT2D eigenvalue weighted by atomic mass is 35.5. The van der Waals surface area contributed by atoms with Crippen LogP contribution in [0.3, 0.4) is 0 Å². The Morgan fingerprint density at radius 1 is 1.05 bits per heavy atom. The predicted octanol–water partition coefficient (Wildman–Crippen LogP) is 6.58. The van der Waals surface area contributed by atoms with Crippen molar-refractivity contribution in [3.8, 4) is 6.01 Å². The molecule has 2 aliphatic rings. The van der Waals surface area contributed by atoms with E-state index in [-0.39, 0.29) is 46.8 Å². The van der Waals surface area contributed by atoms with Gasteiger partial charge in [-0.25, -0.2) is 4.98 Å². The van der Waals surface area contributed by atoms with E-state index in [0.29, 0.717) is 42.6 Å². The number of fused-ring (bicyclic) bond motifs is 2. The van der Waals surface area contributed by atoms with E-state index < -0.39 is 22.5 Å². The van der Waals surface area contributed by atoms with E-state index in [1.165, 1.54) is 0 Å². The number of carbonyl (C=O) groups is 1. The Balaban J connectivity index is 1.38. The molecule has 240 valence electrons. The van der Waals surface area contributed by atoms with Gasteiger partial charge in [0.2, 0.25) is 0 Å². The van der Waals surface area contributed by atoms with Crippen molar-refractivity contribution in [3.63, 3.8) is 0 Å². The highest BCUT2D eigenvalue weighted by Crippen LogP contribution is 2.41. The SMILES string of the molecule is CC(C)(C)[Si](C)(C)OC1CO[C@H]2[C@@H]1OC[C@H]2Oc1nc2cc(Cl)c(NC(=O)c3ccccc3)nc2n1COCC[Si](C)(C)C. The lowest BCUT2D eigenvalue weighted by Gasteiger charge is -2.39. The number of rotatable bonds is 11. The van der Waals surface area contributed by atoms with Gasteiger partial charge in [0.1, 0.15) is 24.5 Å². The average molecular weight is 661 g/mol. The van der Waals surface area contributed by atoms with Crippen molar-refractivity contribution < 1.29 is 28.2 Å². The number of imidazole rings is 1. The summed E-state index contributed by atoms with van der Waals surface area (Å²) in [4.78, 5) is 22.3. The molecule has 10 nitrogen and oxygen atoms in total. The largest absolute Gasteiger partial charge is 0.456 e. The van der Waals surface area contributed by atoms with Gasteiger partial charge in [-0.2, -0.15) is 4.98 Å². The molecule has 44 heavy (non-hydrogen) atoms. The van der Waals surface area contributed by atoms with E-state index in [1.807, 2.05) is 6.07 Å². The minimum absolute atomic E-state index is 0.0770. The molecule has 0 radical (unpaired) electrons. The van der Waals surface area contributed by atoms with Crippen molar-refractivity contribution in [2.75, 3.05) is 25.1 Å². The number of nitrogens with zero attached hydrogens (tertiary/aromatic N) is 3. The quantitative estimate of drug-likeness (QED) is 0.182. The fourth-order valence-corrected chi connectivity index (χ4v) is 7.19. The summed E-state index contributed by atoms with van der Waals surface area (Å²) in [5, 5.41) is 3.18. The molecule has 2 aliphatic heterocycles. The van der Waals surface area contributed by atoms with E-state index >= 15 is 0 Å². The Hall–Kier alpha value is -2.33. The lowest BCUT2D eigenvalue weighted by molar-refractivity contribution is 0.00687. The van der Waals surface area contributed by atoms with Crippen LogP contribution in [0, 0.1) is 0 Å². The Bertz CT molecular complexity index is 1470. The smallest absolute Gasteiger partial charge is 0.301 e. The molecule has 2 aromatic heterocycles. The van der Waals surface area contributed by atoms with Crippen LogP contribution in [0.4, 0.5) is 5.82 Å². The second-order valence-electron chi connectivity index (χ2n) is 14.3. The molecular weight excluding hydrogens is 616 g/mol. The van der Waals surface area contributed by atoms with Crippen LogP contribution in [0.1, 0.15) is 31.1 Å². The monoisotopic (exact) mass is 660 g/mol. The summed E-state index contributed by atoms with van der Waals surface area (Å²) >= 11 is 6.57. The molecule has 4 heterocycles. The zero-order valence-corrected chi connectivity index (χ0v) is 29.7. The van der Waals surface area contributed by atoms with E-state index in [0.717, 1.165) is 6.04 Å². The van der Waals surface area contributed by atoms with Gasteiger partial charge in [0.05, 0.1) is 24.3 Å². The second-order valence-corrected chi connectivity index (χ2v) is 25.1. The average Bonchev–Trinajstić information content (AvgIpc) is 3.61. The first-order valence-corrected chi connectivity index (χ1v) is 22.2. The van der Waals surface area contributed by atoms with E-state index in [9.17, 15) is 4.79 Å². The van der Waals surface area contributed by atoms with Crippen molar-refractivity contribution in [2.24, 2.45) is 0 Å². The van der Waals surface area contributed by atoms with Crippen LogP contribution in [0.25, 0.3) is 11.2 Å². The fourth-order valence-electron chi connectivity index (χ4n) is 4.92. The van der Waals surface area contributed by atoms with Crippen molar-refractivity contribution in [1.82, 2.24) is 14.5 Å². The fraction of sp³-hybridized carbons (Fsp3) is 0.581. The molecule has 13 heteroatoms. The summed E-state index contributed by atoms with van der Waals surface area (Å²) in [6.45, 7) is 19.7. The number of hydrogen-bond acceptors (Lipinski definition) is 8. The molecule has 3 aromatic rings. The summed E-state index contributed by atoms with van der Waals surface area (Å²) < 4.78 is 33.5. The standard InChI is InChI=1S/C31H45ClN4O6Si2/c1-31(2,3)44(7,8)42-24-18-40-25-23(17-39-26(24)25)41-30-33-22-16-21(32)27(35-29(37)20-12-10-9-11-13-20)34-28(22)36(30)19-38-14-15-43(4,5)6/h9-13,16,23-26H,14-15,17-19H2,1-8H3,(H,34,35,37)/t23-,24?,25-,26-/m1/s1. The third kappa shape index (κ3) is 7.38. The van der Waals surface area contributed by atoms with Gasteiger partial charge in [-0.1, -0.05) is 70.2 Å². The summed E-state index contributed by atoms with van der Waals surface area (Å²) in [6, 6.07) is 11.9. The number of aromatic nitrogens is 3. The van der Waals surface area contributed by atoms with Gasteiger partial charge in [-0.3, -0.25) is 9.36 Å². The first kappa shape index (κ1) is 33.0. The van der Waals surface area contributed by atoms with Crippen LogP contribution in [0.2, 0.25) is 48.8 Å². The summed E-state index contributed by atoms with van der Waals surface area (Å²) in [5.41, 5.74) is 1.52. The maximum atomic E-state index is 12.9. The maximum absolute atomic E-state index is 12.9. The van der Waals surface area contributed by atoms with Crippen LogP contribution >= 0.6 is 11.6 Å². The highest BCUT2D eigenvalue weighted by molar-refractivity contribution is 6.76. The highest BCUT2D eigenvalue weighted by Gasteiger charge is 2.52. The predicted molar refractivity (Wildman–Crippen MR) is 177 cm³/mol. The molecule has 5 rings (SSSR count). The number of anilines is 1. The summed E-state index contributed by atoms with van der Waals surface area (Å²) in [7, 11) is -3.31. The lowest BCUT2D eigenvalue weighted by atomic mass is 10.1.